The molecule has 0 aliphatic rings. The summed E-state index contributed by atoms with van der Waals surface area (Å²) < 4.78 is 79.2. The number of aliphatic carboxylic acids is 1. The molecule has 0 amide bonds. The second kappa shape index (κ2) is 6.31. The van der Waals surface area contributed by atoms with Crippen molar-refractivity contribution >= 4 is 11.9 Å². The van der Waals surface area contributed by atoms with Gasteiger partial charge < -0.3 is 14.6 Å². The lowest BCUT2D eigenvalue weighted by Gasteiger charge is -2.36. The van der Waals surface area contributed by atoms with Crippen molar-refractivity contribution in [2.75, 3.05) is 0 Å². The third-order valence-electron chi connectivity index (χ3n) is 2.33. The fraction of sp³-hybridized carbons (Fsp3) is 0.800. The van der Waals surface area contributed by atoms with Crippen molar-refractivity contribution in [3.63, 3.8) is 0 Å². The van der Waals surface area contributed by atoms with Crippen LogP contribution in [0.25, 0.3) is 0 Å². The summed E-state index contributed by atoms with van der Waals surface area (Å²) >= 11 is 0. The predicted octanol–water partition coefficient (Wildman–Crippen LogP) is 1.72. The number of rotatable bonds is 6. The van der Waals surface area contributed by atoms with Crippen LogP contribution in [0.15, 0.2) is 0 Å². The standard InChI is InChI=1S/C10H12F6O4/c1-2-3-4-7(19)20-8(5-6(17)18,9(11,12)13)10(14,15)16/h2-5H2,1H3,(H,17,18)/p-1. The Morgan fingerprint density at radius 2 is 1.50 bits per heavy atom. The molecule has 0 fully saturated rings. The lowest BCUT2D eigenvalue weighted by Crippen LogP contribution is -2.61. The summed E-state index contributed by atoms with van der Waals surface area (Å²) in [6.45, 7) is 1.55. The number of esters is 1. The van der Waals surface area contributed by atoms with Crippen LogP contribution in [0.1, 0.15) is 32.6 Å². The highest BCUT2D eigenvalue weighted by atomic mass is 19.4. The predicted molar refractivity (Wildman–Crippen MR) is 50.1 cm³/mol. The molecule has 0 aromatic carbocycles. The van der Waals surface area contributed by atoms with Gasteiger partial charge in [-0.1, -0.05) is 13.3 Å². The van der Waals surface area contributed by atoms with Crippen molar-refractivity contribution in [1.82, 2.24) is 0 Å². The van der Waals surface area contributed by atoms with Crippen molar-refractivity contribution in [2.24, 2.45) is 0 Å². The normalized spacial score (nSPS) is 13.2. The minimum absolute atomic E-state index is 0.00987. The van der Waals surface area contributed by atoms with E-state index in [1.165, 1.54) is 0 Å². The van der Waals surface area contributed by atoms with Gasteiger partial charge in [0.2, 0.25) is 0 Å². The fourth-order valence-electron chi connectivity index (χ4n) is 1.28. The summed E-state index contributed by atoms with van der Waals surface area (Å²) in [5.41, 5.74) is -5.09. The lowest BCUT2D eigenvalue weighted by molar-refractivity contribution is -0.381. The molecule has 0 aliphatic heterocycles. The molecule has 0 bridgehead atoms. The molecule has 0 aromatic heterocycles. The summed E-state index contributed by atoms with van der Waals surface area (Å²) in [7, 11) is 0. The fourth-order valence-corrected chi connectivity index (χ4v) is 1.28. The molecule has 0 unspecified atom stereocenters. The van der Waals surface area contributed by atoms with E-state index in [1.807, 2.05) is 0 Å². The van der Waals surface area contributed by atoms with E-state index in [2.05, 4.69) is 4.74 Å². The number of hydrogen-bond acceptors (Lipinski definition) is 4. The highest BCUT2D eigenvalue weighted by Crippen LogP contribution is 2.48. The Balaban J connectivity index is 5.53. The Hall–Kier alpha value is -1.48. The maximum Gasteiger partial charge on any atom is 0.437 e. The van der Waals surface area contributed by atoms with Crippen molar-refractivity contribution in [2.45, 2.75) is 50.6 Å². The molecule has 4 nitrogen and oxygen atoms in total. The number of halogens is 6. The van der Waals surface area contributed by atoms with Crippen LogP contribution in [-0.2, 0) is 14.3 Å². The first kappa shape index (κ1) is 18.5. The first-order valence-electron chi connectivity index (χ1n) is 5.42. The van der Waals surface area contributed by atoms with Gasteiger partial charge in [-0.2, -0.15) is 26.3 Å². The number of carboxylic acid groups (broad SMARTS) is 1. The summed E-state index contributed by atoms with van der Waals surface area (Å²) in [6.07, 6.45) is -15.1. The average molecular weight is 309 g/mol. The van der Waals surface area contributed by atoms with Crippen LogP contribution >= 0.6 is 0 Å². The largest absolute Gasteiger partial charge is 0.550 e. The SMILES string of the molecule is CCCCC(=O)OC(CC(=O)[O-])(C(F)(F)F)C(F)(F)F. The van der Waals surface area contributed by atoms with Crippen molar-refractivity contribution in [3.05, 3.63) is 0 Å². The number of alkyl halides is 6. The van der Waals surface area contributed by atoms with Gasteiger partial charge in [0.05, 0.1) is 0 Å². The molecule has 0 heterocycles. The van der Waals surface area contributed by atoms with E-state index in [1.54, 1.807) is 6.92 Å². The Bertz CT molecular complexity index is 346. The summed E-state index contributed by atoms with van der Waals surface area (Å²) in [4.78, 5) is 21.3. The van der Waals surface area contributed by atoms with Crippen molar-refractivity contribution in [1.29, 1.82) is 0 Å². The van der Waals surface area contributed by atoms with Gasteiger partial charge in [-0.15, -0.1) is 0 Å². The van der Waals surface area contributed by atoms with Gasteiger partial charge in [-0.05, 0) is 6.42 Å². The molecular formula is C10H11F6O4-. The van der Waals surface area contributed by atoms with Crippen LogP contribution in [0, 0.1) is 0 Å². The molecule has 0 aromatic rings. The molecule has 0 saturated heterocycles. The molecule has 0 rings (SSSR count). The number of unbranched alkanes of at least 4 members (excludes halogenated alkanes) is 1. The first-order valence-corrected chi connectivity index (χ1v) is 5.42. The summed E-state index contributed by atoms with van der Waals surface area (Å²) in [5.74, 6) is -4.41. The van der Waals surface area contributed by atoms with Gasteiger partial charge in [-0.3, -0.25) is 4.79 Å². The van der Waals surface area contributed by atoms with Crippen molar-refractivity contribution < 1.29 is 45.8 Å². The van der Waals surface area contributed by atoms with Gasteiger partial charge >= 0.3 is 23.9 Å². The van der Waals surface area contributed by atoms with Crippen LogP contribution in [0.5, 0.6) is 0 Å². The van der Waals surface area contributed by atoms with E-state index < -0.39 is 42.7 Å². The third-order valence-corrected chi connectivity index (χ3v) is 2.33. The Morgan fingerprint density at radius 1 is 1.05 bits per heavy atom. The van der Waals surface area contributed by atoms with Crippen LogP contribution in [0.4, 0.5) is 26.3 Å². The number of carbonyl (C=O) groups excluding carboxylic acids is 2. The zero-order chi connectivity index (χ0) is 16.2. The van der Waals surface area contributed by atoms with Gasteiger partial charge in [0.25, 0.3) is 0 Å². The maximum absolute atomic E-state index is 12.6. The van der Waals surface area contributed by atoms with Gasteiger partial charge in [0, 0.05) is 18.8 Å². The van der Waals surface area contributed by atoms with Crippen LogP contribution in [0.2, 0.25) is 0 Å². The second-order valence-electron chi connectivity index (χ2n) is 3.95. The maximum atomic E-state index is 12.6. The Morgan fingerprint density at radius 3 is 1.80 bits per heavy atom. The van der Waals surface area contributed by atoms with E-state index in [4.69, 9.17) is 0 Å². The van der Waals surface area contributed by atoms with Gasteiger partial charge in [-0.25, -0.2) is 0 Å². The molecule has 0 N–H and O–H groups in total. The summed E-state index contributed by atoms with van der Waals surface area (Å²) in [5, 5.41) is 10.2. The molecule has 0 aliphatic carbocycles. The lowest BCUT2D eigenvalue weighted by atomic mass is 9.97. The van der Waals surface area contributed by atoms with E-state index in [9.17, 15) is 41.0 Å². The highest BCUT2D eigenvalue weighted by Gasteiger charge is 2.74. The molecule has 0 radical (unpaired) electrons. The first-order chi connectivity index (χ1) is 8.87. The second-order valence-corrected chi connectivity index (χ2v) is 3.95. The molecule has 0 spiro atoms. The molecular weight excluding hydrogens is 298 g/mol. The highest BCUT2D eigenvalue weighted by molar-refractivity contribution is 5.72. The molecule has 118 valence electrons. The average Bonchev–Trinajstić information content (AvgIpc) is 2.21. The molecule has 0 atom stereocenters. The van der Waals surface area contributed by atoms with E-state index in [0.29, 0.717) is 6.42 Å². The van der Waals surface area contributed by atoms with Gasteiger partial charge in [0.1, 0.15) is 0 Å². The monoisotopic (exact) mass is 309 g/mol. The number of carbonyl (C=O) groups is 2. The van der Waals surface area contributed by atoms with E-state index in [0.717, 1.165) is 0 Å². The minimum atomic E-state index is -6.13. The molecule has 0 saturated carbocycles. The molecule has 20 heavy (non-hydrogen) atoms. The van der Waals surface area contributed by atoms with E-state index >= 15 is 0 Å². The minimum Gasteiger partial charge on any atom is -0.550 e. The topological polar surface area (TPSA) is 66.4 Å². The van der Waals surface area contributed by atoms with E-state index in [-0.39, 0.29) is 6.42 Å². The number of carboxylic acids is 1. The quantitative estimate of drug-likeness (QED) is 0.553. The smallest absolute Gasteiger partial charge is 0.437 e. The Labute approximate surface area is 109 Å². The number of hydrogen-bond donors (Lipinski definition) is 0. The van der Waals surface area contributed by atoms with Crippen LogP contribution in [-0.4, -0.2) is 29.9 Å². The van der Waals surface area contributed by atoms with Crippen LogP contribution in [0.3, 0.4) is 0 Å². The Kier molecular flexibility index (Phi) is 5.85. The van der Waals surface area contributed by atoms with Gasteiger partial charge in [0.15, 0.2) is 0 Å². The van der Waals surface area contributed by atoms with Crippen molar-refractivity contribution in [3.8, 4) is 0 Å². The number of ether oxygens (including phenoxy) is 1. The zero-order valence-corrected chi connectivity index (χ0v) is 10.2. The van der Waals surface area contributed by atoms with Crippen LogP contribution < -0.4 is 5.11 Å². The zero-order valence-electron chi connectivity index (χ0n) is 10.2. The molecule has 10 heteroatoms. The third kappa shape index (κ3) is 4.27. The summed E-state index contributed by atoms with van der Waals surface area (Å²) in [6, 6.07) is 0.